The third kappa shape index (κ3) is 3.23. The predicted molar refractivity (Wildman–Crippen MR) is 72.4 cm³/mol. The Labute approximate surface area is 115 Å². The summed E-state index contributed by atoms with van der Waals surface area (Å²) in [5, 5.41) is 7.38. The molecule has 2 aromatic heterocycles. The molecule has 0 spiro atoms. The lowest BCUT2D eigenvalue weighted by atomic mass is 10.2. The Bertz CT molecular complexity index is 600. The van der Waals surface area contributed by atoms with E-state index in [2.05, 4.69) is 20.4 Å². The standard InChI is InChI=1S/C12H14ClN5O/c1-8-9(12(13)18(2)17-8)3-4-11(19)16-7-10-14-5-6-15-10/h3-6H,7H2,1-2H3,(H,14,15)(H,16,19). The molecule has 0 radical (unpaired) electrons. The molecule has 1 amide bonds. The van der Waals surface area contributed by atoms with Gasteiger partial charge in [0.2, 0.25) is 5.91 Å². The van der Waals surface area contributed by atoms with E-state index >= 15 is 0 Å². The molecule has 2 N–H and O–H groups in total. The Hall–Kier alpha value is -2.08. The van der Waals surface area contributed by atoms with Crippen molar-refractivity contribution in [3.8, 4) is 0 Å². The molecule has 2 heterocycles. The van der Waals surface area contributed by atoms with Crippen molar-refractivity contribution < 1.29 is 4.79 Å². The van der Waals surface area contributed by atoms with Crippen molar-refractivity contribution in [1.29, 1.82) is 0 Å². The molecule has 100 valence electrons. The third-order valence-corrected chi connectivity index (χ3v) is 3.03. The molecule has 6 nitrogen and oxygen atoms in total. The van der Waals surface area contributed by atoms with E-state index in [0.29, 0.717) is 17.5 Å². The van der Waals surface area contributed by atoms with Crippen LogP contribution in [0.25, 0.3) is 6.08 Å². The zero-order chi connectivity index (χ0) is 13.8. The van der Waals surface area contributed by atoms with Crippen LogP contribution in [0.1, 0.15) is 17.1 Å². The van der Waals surface area contributed by atoms with Crippen molar-refractivity contribution in [3.63, 3.8) is 0 Å². The number of rotatable bonds is 4. The van der Waals surface area contributed by atoms with E-state index in [1.807, 2.05) is 6.92 Å². The number of amides is 1. The number of aromatic nitrogens is 4. The van der Waals surface area contributed by atoms with Crippen molar-refractivity contribution in [1.82, 2.24) is 25.1 Å². The van der Waals surface area contributed by atoms with Gasteiger partial charge in [0.05, 0.1) is 12.2 Å². The molecule has 0 aromatic carbocycles. The molecule has 7 heteroatoms. The molecule has 19 heavy (non-hydrogen) atoms. The molecule has 0 unspecified atom stereocenters. The number of aryl methyl sites for hydroxylation is 2. The average molecular weight is 280 g/mol. The summed E-state index contributed by atoms with van der Waals surface area (Å²) in [7, 11) is 1.75. The number of halogens is 1. The highest BCUT2D eigenvalue weighted by atomic mass is 35.5. The van der Waals surface area contributed by atoms with Gasteiger partial charge in [-0.3, -0.25) is 9.48 Å². The van der Waals surface area contributed by atoms with Crippen LogP contribution in [0.2, 0.25) is 5.15 Å². The summed E-state index contributed by atoms with van der Waals surface area (Å²) >= 11 is 6.06. The van der Waals surface area contributed by atoms with E-state index in [0.717, 1.165) is 11.3 Å². The summed E-state index contributed by atoms with van der Waals surface area (Å²) in [5.41, 5.74) is 1.53. The number of hydrogen-bond donors (Lipinski definition) is 2. The number of hydrogen-bond acceptors (Lipinski definition) is 3. The molecule has 0 aliphatic heterocycles. The Morgan fingerprint density at radius 3 is 3.00 bits per heavy atom. The minimum Gasteiger partial charge on any atom is -0.347 e. The van der Waals surface area contributed by atoms with Crippen molar-refractivity contribution in [2.24, 2.45) is 7.05 Å². The molecule has 0 aliphatic rings. The quantitative estimate of drug-likeness (QED) is 0.832. The lowest BCUT2D eigenvalue weighted by Crippen LogP contribution is -2.20. The molecular weight excluding hydrogens is 266 g/mol. The fourth-order valence-corrected chi connectivity index (χ4v) is 1.86. The first-order valence-corrected chi connectivity index (χ1v) is 6.09. The maximum Gasteiger partial charge on any atom is 0.244 e. The van der Waals surface area contributed by atoms with Crippen LogP contribution in [0.15, 0.2) is 18.5 Å². The van der Waals surface area contributed by atoms with Gasteiger partial charge < -0.3 is 10.3 Å². The number of nitrogens with zero attached hydrogens (tertiary/aromatic N) is 3. The highest BCUT2D eigenvalue weighted by molar-refractivity contribution is 6.31. The molecule has 0 bridgehead atoms. The van der Waals surface area contributed by atoms with Crippen LogP contribution in [0.3, 0.4) is 0 Å². The van der Waals surface area contributed by atoms with Gasteiger partial charge in [-0.25, -0.2) is 4.98 Å². The lowest BCUT2D eigenvalue weighted by Gasteiger charge is -1.98. The highest BCUT2D eigenvalue weighted by Crippen LogP contribution is 2.19. The van der Waals surface area contributed by atoms with Gasteiger partial charge in [0.1, 0.15) is 11.0 Å². The largest absolute Gasteiger partial charge is 0.347 e. The number of carbonyl (C=O) groups is 1. The predicted octanol–water partition coefficient (Wildman–Crippen LogP) is 1.43. The van der Waals surface area contributed by atoms with Crippen LogP contribution in [0.4, 0.5) is 0 Å². The van der Waals surface area contributed by atoms with Crippen molar-refractivity contribution in [3.05, 3.63) is 40.7 Å². The van der Waals surface area contributed by atoms with Gasteiger partial charge in [-0.1, -0.05) is 11.6 Å². The van der Waals surface area contributed by atoms with Crippen LogP contribution < -0.4 is 5.32 Å². The molecule has 0 atom stereocenters. The molecule has 2 aromatic rings. The Balaban J connectivity index is 1.96. The third-order valence-electron chi connectivity index (χ3n) is 2.58. The molecular formula is C12H14ClN5O. The second-order valence-corrected chi connectivity index (χ2v) is 4.36. The maximum absolute atomic E-state index is 11.6. The summed E-state index contributed by atoms with van der Waals surface area (Å²) in [6.07, 6.45) is 6.42. The van der Waals surface area contributed by atoms with Crippen LogP contribution in [-0.2, 0) is 18.4 Å². The summed E-state index contributed by atoms with van der Waals surface area (Å²) in [5.74, 6) is 0.494. The van der Waals surface area contributed by atoms with Crippen LogP contribution in [0, 0.1) is 6.92 Å². The fourth-order valence-electron chi connectivity index (χ4n) is 1.62. The van der Waals surface area contributed by atoms with E-state index in [1.165, 1.54) is 6.08 Å². The number of carbonyl (C=O) groups excluding carboxylic acids is 1. The normalized spacial score (nSPS) is 11.1. The Kier molecular flexibility index (Phi) is 4.01. The second kappa shape index (κ2) is 5.71. The zero-order valence-corrected chi connectivity index (χ0v) is 11.4. The minimum atomic E-state index is -0.212. The lowest BCUT2D eigenvalue weighted by molar-refractivity contribution is -0.116. The van der Waals surface area contributed by atoms with E-state index in [4.69, 9.17) is 11.6 Å². The van der Waals surface area contributed by atoms with Gasteiger partial charge in [-0.05, 0) is 13.0 Å². The first-order chi connectivity index (χ1) is 9.08. The van der Waals surface area contributed by atoms with Crippen molar-refractivity contribution >= 4 is 23.6 Å². The van der Waals surface area contributed by atoms with Gasteiger partial charge in [0.15, 0.2) is 0 Å². The van der Waals surface area contributed by atoms with Crippen molar-refractivity contribution in [2.45, 2.75) is 13.5 Å². The minimum absolute atomic E-state index is 0.212. The maximum atomic E-state index is 11.6. The average Bonchev–Trinajstić information content (AvgIpc) is 2.96. The number of nitrogens with one attached hydrogen (secondary N) is 2. The second-order valence-electron chi connectivity index (χ2n) is 4.00. The summed E-state index contributed by atoms with van der Waals surface area (Å²) in [4.78, 5) is 18.5. The van der Waals surface area contributed by atoms with Crippen LogP contribution in [-0.4, -0.2) is 25.7 Å². The van der Waals surface area contributed by atoms with E-state index in [-0.39, 0.29) is 5.91 Å². The monoisotopic (exact) mass is 279 g/mol. The number of imidazole rings is 1. The smallest absolute Gasteiger partial charge is 0.244 e. The molecule has 0 fully saturated rings. The van der Waals surface area contributed by atoms with Crippen LogP contribution in [0.5, 0.6) is 0 Å². The first-order valence-electron chi connectivity index (χ1n) is 5.71. The van der Waals surface area contributed by atoms with Gasteiger partial charge in [-0.2, -0.15) is 5.10 Å². The molecule has 0 saturated carbocycles. The van der Waals surface area contributed by atoms with Gasteiger partial charge in [-0.15, -0.1) is 0 Å². The number of aromatic amines is 1. The zero-order valence-electron chi connectivity index (χ0n) is 10.6. The molecule has 2 rings (SSSR count). The Morgan fingerprint density at radius 1 is 1.63 bits per heavy atom. The summed E-state index contributed by atoms with van der Waals surface area (Å²) in [6.45, 7) is 2.20. The topological polar surface area (TPSA) is 75.6 Å². The van der Waals surface area contributed by atoms with E-state index < -0.39 is 0 Å². The first kappa shape index (κ1) is 13.4. The van der Waals surface area contributed by atoms with E-state index in [1.54, 1.807) is 30.2 Å². The number of H-pyrrole nitrogens is 1. The highest BCUT2D eigenvalue weighted by Gasteiger charge is 2.08. The van der Waals surface area contributed by atoms with Crippen LogP contribution >= 0.6 is 11.6 Å². The molecule has 0 aliphatic carbocycles. The van der Waals surface area contributed by atoms with Gasteiger partial charge >= 0.3 is 0 Å². The van der Waals surface area contributed by atoms with Crippen molar-refractivity contribution in [2.75, 3.05) is 0 Å². The van der Waals surface area contributed by atoms with E-state index in [9.17, 15) is 4.79 Å². The summed E-state index contributed by atoms with van der Waals surface area (Å²) in [6, 6.07) is 0. The van der Waals surface area contributed by atoms with Gasteiger partial charge in [0, 0.05) is 31.1 Å². The van der Waals surface area contributed by atoms with Gasteiger partial charge in [0.25, 0.3) is 0 Å². The Morgan fingerprint density at radius 2 is 2.42 bits per heavy atom. The molecule has 0 saturated heterocycles. The fraction of sp³-hybridized carbons (Fsp3) is 0.250. The SMILES string of the molecule is Cc1nn(C)c(Cl)c1C=CC(=O)NCc1ncc[nH]1. The summed E-state index contributed by atoms with van der Waals surface area (Å²) < 4.78 is 1.57.